The SMILES string of the molecule is C[C@@H]1OC(c2c(Cl)cncc2Cl)=N[C@@H]1c1ccc(I)cc1. The quantitative estimate of drug-likeness (QED) is 0.632. The summed E-state index contributed by atoms with van der Waals surface area (Å²) in [5, 5.41) is 0.883. The molecule has 0 saturated heterocycles. The molecule has 0 fully saturated rings. The molecule has 3 nitrogen and oxygen atoms in total. The molecule has 0 N–H and O–H groups in total. The highest BCUT2D eigenvalue weighted by atomic mass is 127. The summed E-state index contributed by atoms with van der Waals surface area (Å²) >= 11 is 14.6. The second-order valence-electron chi connectivity index (χ2n) is 4.73. The number of aliphatic imine (C=N–C) groups is 1. The second-order valence-corrected chi connectivity index (χ2v) is 6.79. The second kappa shape index (κ2) is 6.10. The van der Waals surface area contributed by atoms with Crippen molar-refractivity contribution < 1.29 is 4.74 Å². The van der Waals surface area contributed by atoms with Crippen molar-refractivity contribution in [3.8, 4) is 0 Å². The molecule has 2 heterocycles. The number of benzene rings is 1. The maximum atomic E-state index is 6.16. The van der Waals surface area contributed by atoms with Gasteiger partial charge in [-0.1, -0.05) is 35.3 Å². The van der Waals surface area contributed by atoms with Crippen molar-refractivity contribution in [1.29, 1.82) is 0 Å². The summed E-state index contributed by atoms with van der Waals surface area (Å²) in [5.41, 5.74) is 1.72. The Bertz CT molecular complexity index is 683. The molecule has 0 saturated carbocycles. The molecule has 1 aromatic heterocycles. The number of hydrogen-bond donors (Lipinski definition) is 0. The summed E-state index contributed by atoms with van der Waals surface area (Å²) in [6.07, 6.45) is 3.01. The van der Waals surface area contributed by atoms with Crippen LogP contribution in [-0.2, 0) is 4.74 Å². The summed E-state index contributed by atoms with van der Waals surface area (Å²) < 4.78 is 7.05. The molecule has 0 bridgehead atoms. The fourth-order valence-electron chi connectivity index (χ4n) is 2.25. The van der Waals surface area contributed by atoms with Crippen molar-refractivity contribution in [1.82, 2.24) is 4.98 Å². The first-order chi connectivity index (χ1) is 10.1. The van der Waals surface area contributed by atoms with E-state index in [4.69, 9.17) is 27.9 Å². The van der Waals surface area contributed by atoms with Gasteiger partial charge in [-0.15, -0.1) is 0 Å². The fraction of sp³-hybridized carbons (Fsp3) is 0.200. The minimum Gasteiger partial charge on any atom is -0.472 e. The Morgan fingerprint density at radius 3 is 2.33 bits per heavy atom. The largest absolute Gasteiger partial charge is 0.472 e. The van der Waals surface area contributed by atoms with Gasteiger partial charge in [-0.2, -0.15) is 0 Å². The topological polar surface area (TPSA) is 34.5 Å². The first kappa shape index (κ1) is 15.1. The van der Waals surface area contributed by atoms with Crippen molar-refractivity contribution in [2.75, 3.05) is 0 Å². The van der Waals surface area contributed by atoms with E-state index in [2.05, 4.69) is 56.8 Å². The molecular weight excluding hydrogens is 422 g/mol. The fourth-order valence-corrected chi connectivity index (χ4v) is 3.13. The predicted octanol–water partition coefficient (Wildman–Crippen LogP) is 4.90. The molecule has 1 aliphatic rings. The van der Waals surface area contributed by atoms with Crippen LogP contribution in [0.1, 0.15) is 24.1 Å². The maximum Gasteiger partial charge on any atom is 0.220 e. The molecule has 1 aromatic carbocycles. The van der Waals surface area contributed by atoms with Crippen LogP contribution in [0, 0.1) is 3.57 Å². The average molecular weight is 433 g/mol. The highest BCUT2D eigenvalue weighted by Crippen LogP contribution is 2.34. The van der Waals surface area contributed by atoms with Crippen LogP contribution >= 0.6 is 45.8 Å². The number of pyridine rings is 1. The van der Waals surface area contributed by atoms with E-state index in [1.54, 1.807) is 0 Å². The van der Waals surface area contributed by atoms with E-state index in [0.29, 0.717) is 21.5 Å². The third kappa shape index (κ3) is 3.03. The number of halogens is 3. The number of rotatable bonds is 2. The maximum absolute atomic E-state index is 6.16. The zero-order valence-corrected chi connectivity index (χ0v) is 14.7. The van der Waals surface area contributed by atoms with Crippen molar-refractivity contribution in [2.45, 2.75) is 19.1 Å². The third-order valence-corrected chi connectivity index (χ3v) is 4.57. The summed E-state index contributed by atoms with van der Waals surface area (Å²) in [6.45, 7) is 1.99. The Balaban J connectivity index is 1.99. The minimum absolute atomic E-state index is 0.0581. The standard InChI is InChI=1S/C15H11Cl2IN2O/c1-8-14(9-2-4-10(18)5-3-9)20-15(21-8)13-11(16)6-19-7-12(13)17/h2-8,14H,1H3/t8-,14-/m0/s1. The van der Waals surface area contributed by atoms with Gasteiger partial charge in [0.2, 0.25) is 5.90 Å². The Hall–Kier alpha value is -0.850. The van der Waals surface area contributed by atoms with E-state index in [0.717, 1.165) is 5.56 Å². The molecule has 0 aliphatic carbocycles. The first-order valence-corrected chi connectivity index (χ1v) is 8.19. The molecule has 2 atom stereocenters. The van der Waals surface area contributed by atoms with Gasteiger partial charge in [0.05, 0.1) is 15.6 Å². The van der Waals surface area contributed by atoms with E-state index in [-0.39, 0.29) is 12.1 Å². The lowest BCUT2D eigenvalue weighted by atomic mass is 10.0. The monoisotopic (exact) mass is 432 g/mol. The van der Waals surface area contributed by atoms with Gasteiger partial charge in [0.1, 0.15) is 12.1 Å². The summed E-state index contributed by atoms with van der Waals surface area (Å²) in [6, 6.07) is 8.19. The van der Waals surface area contributed by atoms with Gasteiger partial charge in [0, 0.05) is 16.0 Å². The highest BCUT2D eigenvalue weighted by molar-refractivity contribution is 14.1. The average Bonchev–Trinajstić information content (AvgIpc) is 2.81. The number of ether oxygens (including phenoxy) is 1. The van der Waals surface area contributed by atoms with Crippen LogP contribution < -0.4 is 0 Å². The van der Waals surface area contributed by atoms with Gasteiger partial charge in [-0.05, 0) is 47.2 Å². The van der Waals surface area contributed by atoms with E-state index in [1.165, 1.54) is 16.0 Å². The molecule has 0 spiro atoms. The number of hydrogen-bond acceptors (Lipinski definition) is 3. The Labute approximate surface area is 146 Å². The Morgan fingerprint density at radius 2 is 1.71 bits per heavy atom. The zero-order chi connectivity index (χ0) is 15.0. The van der Waals surface area contributed by atoms with E-state index < -0.39 is 0 Å². The molecule has 1 aliphatic heterocycles. The van der Waals surface area contributed by atoms with Gasteiger partial charge < -0.3 is 4.74 Å². The molecule has 6 heteroatoms. The van der Waals surface area contributed by atoms with E-state index >= 15 is 0 Å². The lowest BCUT2D eigenvalue weighted by Crippen LogP contribution is -2.13. The van der Waals surface area contributed by atoms with Gasteiger partial charge in [-0.25, -0.2) is 4.99 Å². The third-order valence-electron chi connectivity index (χ3n) is 3.28. The van der Waals surface area contributed by atoms with E-state index in [9.17, 15) is 0 Å². The van der Waals surface area contributed by atoms with Gasteiger partial charge in [-0.3, -0.25) is 4.98 Å². The van der Waals surface area contributed by atoms with Crippen LogP contribution in [0.3, 0.4) is 0 Å². The summed E-state index contributed by atoms with van der Waals surface area (Å²) in [4.78, 5) is 8.60. The van der Waals surface area contributed by atoms with Crippen LogP contribution in [-0.4, -0.2) is 17.0 Å². The summed E-state index contributed by atoms with van der Waals surface area (Å²) in [5.74, 6) is 0.475. The number of nitrogens with zero attached hydrogens (tertiary/aromatic N) is 2. The van der Waals surface area contributed by atoms with Gasteiger partial charge in [0.25, 0.3) is 0 Å². The van der Waals surface area contributed by atoms with Crippen molar-refractivity contribution in [2.24, 2.45) is 4.99 Å². The van der Waals surface area contributed by atoms with Crippen molar-refractivity contribution >= 4 is 51.7 Å². The molecule has 3 rings (SSSR count). The van der Waals surface area contributed by atoms with Crippen LogP contribution in [0.4, 0.5) is 0 Å². The lowest BCUT2D eigenvalue weighted by Gasteiger charge is -2.13. The van der Waals surface area contributed by atoms with Gasteiger partial charge in [0.15, 0.2) is 0 Å². The molecule has 0 amide bonds. The molecule has 0 radical (unpaired) electrons. The minimum atomic E-state index is -0.0691. The molecule has 0 unspecified atom stereocenters. The van der Waals surface area contributed by atoms with Crippen LogP contribution in [0.25, 0.3) is 0 Å². The van der Waals surface area contributed by atoms with Crippen molar-refractivity contribution in [3.05, 3.63) is 61.4 Å². The molecule has 21 heavy (non-hydrogen) atoms. The molecular formula is C15H11Cl2IN2O. The summed E-state index contributed by atoms with van der Waals surface area (Å²) in [7, 11) is 0. The van der Waals surface area contributed by atoms with Crippen molar-refractivity contribution in [3.63, 3.8) is 0 Å². The Morgan fingerprint density at radius 1 is 1.10 bits per heavy atom. The molecule has 2 aromatic rings. The lowest BCUT2D eigenvalue weighted by molar-refractivity contribution is 0.214. The van der Waals surface area contributed by atoms with Gasteiger partial charge >= 0.3 is 0 Å². The smallest absolute Gasteiger partial charge is 0.220 e. The van der Waals surface area contributed by atoms with E-state index in [1.807, 2.05) is 6.92 Å². The zero-order valence-electron chi connectivity index (χ0n) is 11.1. The number of aromatic nitrogens is 1. The predicted molar refractivity (Wildman–Crippen MR) is 93.2 cm³/mol. The Kier molecular flexibility index (Phi) is 4.38. The van der Waals surface area contributed by atoms with Crippen LogP contribution in [0.2, 0.25) is 10.0 Å². The van der Waals surface area contributed by atoms with Crippen LogP contribution in [0.15, 0.2) is 41.7 Å². The highest BCUT2D eigenvalue weighted by Gasteiger charge is 2.31. The molecule has 108 valence electrons. The first-order valence-electron chi connectivity index (χ1n) is 6.35. The normalized spacial score (nSPS) is 21.0. The van der Waals surface area contributed by atoms with Crippen LogP contribution in [0.5, 0.6) is 0 Å².